The highest BCUT2D eigenvalue weighted by Gasteiger charge is 2.26. The molecule has 0 radical (unpaired) electrons. The van der Waals surface area contributed by atoms with Crippen LogP contribution in [0.15, 0.2) is 12.1 Å². The second-order valence-electron chi connectivity index (χ2n) is 5.38. The van der Waals surface area contributed by atoms with E-state index in [1.807, 2.05) is 17.0 Å². The number of thiophene rings is 1. The number of nitriles is 1. The third-order valence-corrected chi connectivity index (χ3v) is 5.19. The van der Waals surface area contributed by atoms with Crippen LogP contribution in [0.25, 0.3) is 0 Å². The Balaban J connectivity index is 1.91. The summed E-state index contributed by atoms with van der Waals surface area (Å²) in [5, 5.41) is 9.22. The molecule has 1 aliphatic rings. The van der Waals surface area contributed by atoms with Gasteiger partial charge in [-0.3, -0.25) is 9.69 Å². The lowest BCUT2D eigenvalue weighted by Crippen LogP contribution is -2.51. The molecule has 0 aliphatic carbocycles. The maximum absolute atomic E-state index is 12.5. The van der Waals surface area contributed by atoms with Crippen LogP contribution in [0.3, 0.4) is 0 Å². The summed E-state index contributed by atoms with van der Waals surface area (Å²) in [5.41, 5.74) is 0. The number of piperazine rings is 1. The second-order valence-corrected chi connectivity index (χ2v) is 6.55. The third-order valence-electron chi connectivity index (χ3n) is 3.97. The Morgan fingerprint density at radius 3 is 2.57 bits per heavy atom. The minimum absolute atomic E-state index is 0.000633. The van der Waals surface area contributed by atoms with Crippen molar-refractivity contribution in [2.24, 2.45) is 0 Å². The van der Waals surface area contributed by atoms with Crippen LogP contribution in [0.4, 0.5) is 0 Å². The second kappa shape index (κ2) is 7.58. The molecular formula is C16H23N3OS. The van der Waals surface area contributed by atoms with Crippen molar-refractivity contribution in [3.05, 3.63) is 21.9 Å². The number of hydrogen-bond acceptors (Lipinski definition) is 4. The Bertz CT molecular complexity index is 512. The van der Waals surface area contributed by atoms with E-state index in [2.05, 4.69) is 24.8 Å². The molecule has 1 fully saturated rings. The van der Waals surface area contributed by atoms with Crippen LogP contribution in [0, 0.1) is 11.3 Å². The molecule has 1 amide bonds. The van der Waals surface area contributed by atoms with Crippen molar-refractivity contribution in [1.82, 2.24) is 9.80 Å². The van der Waals surface area contributed by atoms with Crippen molar-refractivity contribution in [3.8, 4) is 6.07 Å². The Morgan fingerprint density at radius 2 is 2.05 bits per heavy atom. The first-order valence-corrected chi connectivity index (χ1v) is 8.52. The quantitative estimate of drug-likeness (QED) is 0.840. The largest absolute Gasteiger partial charge is 0.335 e. The van der Waals surface area contributed by atoms with Gasteiger partial charge < -0.3 is 4.90 Å². The summed E-state index contributed by atoms with van der Waals surface area (Å²) in [6.45, 7) is 7.26. The molecule has 0 N–H and O–H groups in total. The van der Waals surface area contributed by atoms with Gasteiger partial charge in [0.25, 0.3) is 5.91 Å². The van der Waals surface area contributed by atoms with Gasteiger partial charge in [0.1, 0.15) is 0 Å². The molecule has 0 bridgehead atoms. The number of amides is 1. The molecule has 1 aromatic heterocycles. The number of rotatable bonds is 5. The van der Waals surface area contributed by atoms with E-state index in [4.69, 9.17) is 0 Å². The minimum Gasteiger partial charge on any atom is -0.335 e. The van der Waals surface area contributed by atoms with E-state index in [-0.39, 0.29) is 11.9 Å². The maximum atomic E-state index is 12.5. The number of nitrogens with zero attached hydrogens (tertiary/aromatic N) is 3. The fourth-order valence-electron chi connectivity index (χ4n) is 2.68. The highest BCUT2D eigenvalue weighted by atomic mass is 32.1. The predicted molar refractivity (Wildman–Crippen MR) is 85.5 cm³/mol. The number of hydrogen-bond donors (Lipinski definition) is 0. The highest BCUT2D eigenvalue weighted by Crippen LogP contribution is 2.20. The van der Waals surface area contributed by atoms with Crippen LogP contribution < -0.4 is 0 Å². The molecule has 1 saturated heterocycles. The molecule has 114 valence electrons. The molecule has 2 heterocycles. The van der Waals surface area contributed by atoms with Gasteiger partial charge in [0.2, 0.25) is 0 Å². The van der Waals surface area contributed by atoms with Crippen molar-refractivity contribution in [2.75, 3.05) is 26.2 Å². The van der Waals surface area contributed by atoms with Crippen molar-refractivity contribution in [2.45, 2.75) is 39.2 Å². The first-order chi connectivity index (χ1) is 10.2. The van der Waals surface area contributed by atoms with E-state index in [1.54, 1.807) is 11.3 Å². The molecule has 4 nitrogen and oxygen atoms in total. The zero-order chi connectivity index (χ0) is 15.2. The van der Waals surface area contributed by atoms with Gasteiger partial charge in [-0.15, -0.1) is 11.3 Å². The fraction of sp³-hybridized carbons (Fsp3) is 0.625. The maximum Gasteiger partial charge on any atom is 0.264 e. The summed E-state index contributed by atoms with van der Waals surface area (Å²) >= 11 is 1.60. The van der Waals surface area contributed by atoms with Crippen molar-refractivity contribution in [3.63, 3.8) is 0 Å². The molecule has 1 atom stereocenters. The van der Waals surface area contributed by atoms with Gasteiger partial charge in [-0.05, 0) is 25.0 Å². The van der Waals surface area contributed by atoms with Crippen LogP contribution >= 0.6 is 11.3 Å². The van der Waals surface area contributed by atoms with E-state index in [9.17, 15) is 10.1 Å². The molecule has 5 heteroatoms. The summed E-state index contributed by atoms with van der Waals surface area (Å²) in [5.74, 6) is 0.142. The van der Waals surface area contributed by atoms with Gasteiger partial charge in [0, 0.05) is 31.1 Å². The number of carbonyl (C=O) groups excluding carboxylic acids is 1. The first-order valence-electron chi connectivity index (χ1n) is 7.71. The van der Waals surface area contributed by atoms with Gasteiger partial charge >= 0.3 is 0 Å². The standard InChI is InChI=1S/C16H23N3OS/c1-3-5-13(12-17)18-8-10-19(11-9-18)16(20)15-7-6-14(4-2)21-15/h6-7,13H,3-5,8-11H2,1-2H3. The lowest BCUT2D eigenvalue weighted by molar-refractivity contribution is 0.0606. The molecule has 1 unspecified atom stereocenters. The summed E-state index contributed by atoms with van der Waals surface area (Å²) in [4.78, 5) is 18.7. The topological polar surface area (TPSA) is 47.3 Å². The molecular weight excluding hydrogens is 282 g/mol. The van der Waals surface area contributed by atoms with Crippen molar-refractivity contribution >= 4 is 17.2 Å². The lowest BCUT2D eigenvalue weighted by Gasteiger charge is -2.36. The van der Waals surface area contributed by atoms with Crippen LogP contribution in [0.1, 0.15) is 41.2 Å². The highest BCUT2D eigenvalue weighted by molar-refractivity contribution is 7.14. The third kappa shape index (κ3) is 3.84. The molecule has 1 aliphatic heterocycles. The fourth-order valence-corrected chi connectivity index (χ4v) is 3.59. The average molecular weight is 305 g/mol. The van der Waals surface area contributed by atoms with Crippen LogP contribution in [-0.2, 0) is 6.42 Å². The van der Waals surface area contributed by atoms with Crippen molar-refractivity contribution in [1.29, 1.82) is 5.26 Å². The molecule has 1 aromatic rings. The van der Waals surface area contributed by atoms with Gasteiger partial charge in [-0.2, -0.15) is 5.26 Å². The van der Waals surface area contributed by atoms with Crippen LogP contribution in [-0.4, -0.2) is 47.9 Å². The van der Waals surface area contributed by atoms with Gasteiger partial charge in [-0.1, -0.05) is 20.3 Å². The molecule has 0 spiro atoms. The SMILES string of the molecule is CCCC(C#N)N1CCN(C(=O)c2ccc(CC)s2)CC1. The molecule has 0 aromatic carbocycles. The lowest BCUT2D eigenvalue weighted by atomic mass is 10.1. The van der Waals surface area contributed by atoms with Gasteiger partial charge in [0.05, 0.1) is 17.0 Å². The van der Waals surface area contributed by atoms with E-state index in [0.717, 1.165) is 50.3 Å². The zero-order valence-electron chi connectivity index (χ0n) is 12.8. The Labute approximate surface area is 131 Å². The average Bonchev–Trinajstić information content (AvgIpc) is 3.01. The Kier molecular flexibility index (Phi) is 5.77. The minimum atomic E-state index is 0.000633. The summed E-state index contributed by atoms with van der Waals surface area (Å²) in [7, 11) is 0. The number of aryl methyl sites for hydroxylation is 1. The van der Waals surface area contributed by atoms with Crippen LogP contribution in [0.5, 0.6) is 0 Å². The van der Waals surface area contributed by atoms with Gasteiger partial charge in [0.15, 0.2) is 0 Å². The summed E-state index contributed by atoms with van der Waals surface area (Å²) in [6.07, 6.45) is 2.91. The summed E-state index contributed by atoms with van der Waals surface area (Å²) in [6, 6.07) is 6.37. The van der Waals surface area contributed by atoms with E-state index in [1.165, 1.54) is 4.88 Å². The molecule has 21 heavy (non-hydrogen) atoms. The monoisotopic (exact) mass is 305 g/mol. The van der Waals surface area contributed by atoms with E-state index >= 15 is 0 Å². The zero-order valence-corrected chi connectivity index (χ0v) is 13.7. The van der Waals surface area contributed by atoms with E-state index < -0.39 is 0 Å². The van der Waals surface area contributed by atoms with E-state index in [0.29, 0.717) is 0 Å². The smallest absolute Gasteiger partial charge is 0.264 e. The normalized spacial score (nSPS) is 17.5. The molecule has 2 rings (SSSR count). The Morgan fingerprint density at radius 1 is 1.33 bits per heavy atom. The first kappa shape index (κ1) is 16.0. The van der Waals surface area contributed by atoms with Crippen LogP contribution in [0.2, 0.25) is 0 Å². The summed E-state index contributed by atoms with van der Waals surface area (Å²) < 4.78 is 0. The Hall–Kier alpha value is -1.38. The molecule has 0 saturated carbocycles. The van der Waals surface area contributed by atoms with Gasteiger partial charge in [-0.25, -0.2) is 0 Å². The predicted octanol–water partition coefficient (Wildman–Crippen LogP) is 2.76. The van der Waals surface area contributed by atoms with Crippen molar-refractivity contribution < 1.29 is 4.79 Å². The number of carbonyl (C=O) groups is 1.